The summed E-state index contributed by atoms with van der Waals surface area (Å²) in [6.07, 6.45) is 8.92. The summed E-state index contributed by atoms with van der Waals surface area (Å²) in [6.45, 7) is 10.9. The predicted molar refractivity (Wildman–Crippen MR) is 145 cm³/mol. The van der Waals surface area contributed by atoms with E-state index in [4.69, 9.17) is 13.6 Å². The maximum Gasteiger partial charge on any atom is 0.303 e. The number of allylic oxidation sites excluding steroid dienone is 1. The number of carbonyl (C=O) groups excluding carboxylic acids is 2. The number of esters is 2. The minimum atomic E-state index is -2.22. The lowest BCUT2D eigenvalue weighted by Crippen LogP contribution is -2.52. The number of aliphatic hydroxyl groups is 1. The summed E-state index contributed by atoms with van der Waals surface area (Å²) in [5.41, 5.74) is 1.71. The number of ether oxygens (including phenoxy) is 2. The molecule has 0 aliphatic heterocycles. The van der Waals surface area contributed by atoms with Gasteiger partial charge in [0.25, 0.3) is 0 Å². The quantitative estimate of drug-likeness (QED) is 0.299. The van der Waals surface area contributed by atoms with Crippen LogP contribution in [0, 0.1) is 52.3 Å². The molecule has 0 aromatic rings. The highest BCUT2D eigenvalue weighted by Gasteiger charge is 2.60. The van der Waals surface area contributed by atoms with Gasteiger partial charge in [-0.2, -0.15) is 0 Å². The zero-order valence-electron chi connectivity index (χ0n) is 27.1. The predicted octanol–water partition coefficient (Wildman–Crippen LogP) is 6.72. The third-order valence-electron chi connectivity index (χ3n) is 11.5. The van der Waals surface area contributed by atoms with Crippen LogP contribution in [0.5, 0.6) is 0 Å². The molecule has 0 radical (unpaired) electrons. The van der Waals surface area contributed by atoms with Crippen molar-refractivity contribution in [2.24, 2.45) is 52.3 Å². The zero-order chi connectivity index (χ0) is 29.8. The molecule has 5 heteroatoms. The monoisotopic (exact) mass is 519 g/mol. The third-order valence-corrected chi connectivity index (χ3v) is 11.5. The Hall–Kier alpha value is -1.36. The summed E-state index contributed by atoms with van der Waals surface area (Å²) in [5, 5.41) is 10.3. The highest BCUT2D eigenvalue weighted by molar-refractivity contribution is 5.67. The van der Waals surface area contributed by atoms with Gasteiger partial charge >= 0.3 is 11.9 Å². The Morgan fingerprint density at radius 1 is 1.00 bits per heavy atom. The standard InChI is InChI=1S/C32H52O5/c1-18(2)19(3)29(36-21(5)33)30(37-22(6)34)20(4)26-11-12-27-25-10-9-23-17-24(35)13-15-31(23,7)28(25)14-16-32(26,27)8/h9,18-20,24-30,35H,10-17H2,1-8H3/t19-,20+,24+,25+,26-,27+,28+,29-,30-,31+,32-/m1/s1/i1D3/t18?,19-,20+,24+,25+,26-,27+,28+,29-,30-,31+,32-. The molecule has 0 heterocycles. The number of carbonyl (C=O) groups is 2. The summed E-state index contributed by atoms with van der Waals surface area (Å²) in [4.78, 5) is 24.7. The summed E-state index contributed by atoms with van der Waals surface area (Å²) >= 11 is 0. The molecule has 37 heavy (non-hydrogen) atoms. The van der Waals surface area contributed by atoms with Gasteiger partial charge in [0, 0.05) is 23.9 Å². The minimum Gasteiger partial charge on any atom is -0.458 e. The van der Waals surface area contributed by atoms with Gasteiger partial charge in [0.05, 0.1) is 6.10 Å². The molecule has 4 rings (SSSR count). The Balaban J connectivity index is 1.63. The number of hydrogen-bond donors (Lipinski definition) is 1. The summed E-state index contributed by atoms with van der Waals surface area (Å²) in [6, 6.07) is 0. The third kappa shape index (κ3) is 5.15. The molecule has 0 aromatic heterocycles. The van der Waals surface area contributed by atoms with Gasteiger partial charge in [0.1, 0.15) is 12.2 Å². The molecule has 210 valence electrons. The fraction of sp³-hybridized carbons (Fsp3) is 0.875. The molecule has 1 unspecified atom stereocenters. The second-order valence-electron chi connectivity index (χ2n) is 13.5. The van der Waals surface area contributed by atoms with Crippen molar-refractivity contribution in [2.45, 2.75) is 125 Å². The lowest BCUT2D eigenvalue weighted by molar-refractivity contribution is -0.180. The second-order valence-corrected chi connectivity index (χ2v) is 13.5. The largest absolute Gasteiger partial charge is 0.458 e. The second kappa shape index (κ2) is 10.7. The van der Waals surface area contributed by atoms with E-state index in [2.05, 4.69) is 26.8 Å². The Kier molecular flexibility index (Phi) is 7.11. The van der Waals surface area contributed by atoms with E-state index in [0.29, 0.717) is 17.8 Å². The normalized spacial score (nSPS) is 42.6. The van der Waals surface area contributed by atoms with Gasteiger partial charge in [0.2, 0.25) is 0 Å². The van der Waals surface area contributed by atoms with Gasteiger partial charge in [-0.15, -0.1) is 0 Å². The van der Waals surface area contributed by atoms with Gasteiger partial charge in [-0.3, -0.25) is 9.59 Å². The van der Waals surface area contributed by atoms with Crippen LogP contribution in [0.4, 0.5) is 0 Å². The van der Waals surface area contributed by atoms with Crippen molar-refractivity contribution in [3.8, 4) is 0 Å². The summed E-state index contributed by atoms with van der Waals surface area (Å²) < 4.78 is 35.8. The Morgan fingerprint density at radius 2 is 1.68 bits per heavy atom. The smallest absolute Gasteiger partial charge is 0.303 e. The first-order valence-electron chi connectivity index (χ1n) is 16.2. The molecular weight excluding hydrogens is 464 g/mol. The molecule has 4 aliphatic rings. The van der Waals surface area contributed by atoms with Gasteiger partial charge < -0.3 is 14.6 Å². The van der Waals surface area contributed by atoms with Gasteiger partial charge in [-0.25, -0.2) is 0 Å². The molecule has 0 amide bonds. The molecule has 1 N–H and O–H groups in total. The SMILES string of the molecule is [2H]C([2H])([2H])C(C)[C@@H](C)[C@@H](OC(C)=O)[C@H](OC(C)=O)[C@@H](C)[C@H]1CC[C@H]2[C@@H]3CC=C4C[C@@H](O)CC[C@]4(C)[C@H]3CC[C@]12C. The highest BCUT2D eigenvalue weighted by atomic mass is 16.6. The van der Waals surface area contributed by atoms with Gasteiger partial charge in [-0.1, -0.05) is 53.1 Å². The van der Waals surface area contributed by atoms with Crippen molar-refractivity contribution >= 4 is 11.9 Å². The van der Waals surface area contributed by atoms with Crippen LogP contribution in [0.1, 0.15) is 111 Å². The summed E-state index contributed by atoms with van der Waals surface area (Å²) in [7, 11) is 0. The van der Waals surface area contributed by atoms with Crippen LogP contribution >= 0.6 is 0 Å². The van der Waals surface area contributed by atoms with Crippen LogP contribution in [-0.2, 0) is 19.1 Å². The first-order valence-corrected chi connectivity index (χ1v) is 14.7. The minimum absolute atomic E-state index is 0.0640. The molecule has 0 saturated heterocycles. The molecular formula is C32H52O5. The molecule has 12 atom stereocenters. The van der Waals surface area contributed by atoms with Crippen LogP contribution in [0.15, 0.2) is 11.6 Å². The number of rotatable bonds is 7. The Morgan fingerprint density at radius 3 is 2.32 bits per heavy atom. The molecule has 0 bridgehead atoms. The summed E-state index contributed by atoms with van der Waals surface area (Å²) in [5.74, 6) is -0.229. The van der Waals surface area contributed by atoms with E-state index in [0.717, 1.165) is 51.4 Å². The molecule has 5 nitrogen and oxygen atoms in total. The van der Waals surface area contributed by atoms with Crippen molar-refractivity contribution in [1.82, 2.24) is 0 Å². The van der Waals surface area contributed by atoms with E-state index in [-0.39, 0.29) is 28.8 Å². The van der Waals surface area contributed by atoms with Crippen LogP contribution < -0.4 is 0 Å². The number of aliphatic hydroxyl groups excluding tert-OH is 1. The maximum absolute atomic E-state index is 12.4. The average Bonchev–Trinajstić information content (AvgIpc) is 3.21. The molecule has 3 saturated carbocycles. The first-order chi connectivity index (χ1) is 18.5. The molecule has 0 aromatic carbocycles. The molecule has 4 aliphatic carbocycles. The van der Waals surface area contributed by atoms with Crippen molar-refractivity contribution in [3.63, 3.8) is 0 Å². The van der Waals surface area contributed by atoms with E-state index in [1.807, 2.05) is 0 Å². The van der Waals surface area contributed by atoms with E-state index >= 15 is 0 Å². The van der Waals surface area contributed by atoms with Crippen LogP contribution in [0.2, 0.25) is 0 Å². The Labute approximate surface area is 229 Å². The van der Waals surface area contributed by atoms with Crippen LogP contribution in [-0.4, -0.2) is 35.4 Å². The fourth-order valence-corrected chi connectivity index (χ4v) is 9.39. The van der Waals surface area contributed by atoms with E-state index < -0.39 is 42.8 Å². The lowest BCUT2D eigenvalue weighted by atomic mass is 9.47. The highest BCUT2D eigenvalue weighted by Crippen LogP contribution is 2.67. The topological polar surface area (TPSA) is 72.8 Å². The van der Waals surface area contributed by atoms with Crippen molar-refractivity contribution < 1.29 is 28.3 Å². The fourth-order valence-electron chi connectivity index (χ4n) is 9.39. The van der Waals surface area contributed by atoms with Crippen molar-refractivity contribution in [2.75, 3.05) is 0 Å². The average molecular weight is 520 g/mol. The Bertz CT molecular complexity index is 994. The molecule has 0 spiro atoms. The van der Waals surface area contributed by atoms with E-state index in [1.54, 1.807) is 13.8 Å². The van der Waals surface area contributed by atoms with Crippen molar-refractivity contribution in [3.05, 3.63) is 11.6 Å². The van der Waals surface area contributed by atoms with Gasteiger partial charge in [-0.05, 0) is 97.7 Å². The number of hydrogen-bond acceptors (Lipinski definition) is 5. The number of fused-ring (bicyclic) bond motifs is 5. The maximum atomic E-state index is 12.4. The van der Waals surface area contributed by atoms with Gasteiger partial charge in [0.15, 0.2) is 0 Å². The molecule has 3 fully saturated rings. The lowest BCUT2D eigenvalue weighted by Gasteiger charge is -2.58. The van der Waals surface area contributed by atoms with Crippen LogP contribution in [0.3, 0.4) is 0 Å². The first kappa shape index (κ1) is 24.7. The van der Waals surface area contributed by atoms with E-state index in [1.165, 1.54) is 19.4 Å². The van der Waals surface area contributed by atoms with Crippen molar-refractivity contribution in [1.29, 1.82) is 0 Å². The van der Waals surface area contributed by atoms with E-state index in [9.17, 15) is 14.7 Å². The zero-order valence-corrected chi connectivity index (χ0v) is 24.1. The van der Waals surface area contributed by atoms with Crippen LogP contribution in [0.25, 0.3) is 0 Å².